The van der Waals surface area contributed by atoms with Crippen molar-refractivity contribution in [3.8, 4) is 0 Å². The van der Waals surface area contributed by atoms with Crippen LogP contribution in [-0.4, -0.2) is 12.2 Å². The van der Waals surface area contributed by atoms with Gasteiger partial charge < -0.3 is 4.74 Å². The van der Waals surface area contributed by atoms with Crippen LogP contribution < -0.4 is 5.30 Å². The highest BCUT2D eigenvalue weighted by atomic mass is 31.0. The van der Waals surface area contributed by atoms with Crippen molar-refractivity contribution in [1.29, 1.82) is 0 Å². The smallest absolute Gasteiger partial charge is 0.0882 e. The molecule has 18 heavy (non-hydrogen) atoms. The maximum atomic E-state index is 5.75. The second-order valence-electron chi connectivity index (χ2n) is 5.36. The minimum absolute atomic E-state index is 0.492. The Balaban J connectivity index is 1.58. The van der Waals surface area contributed by atoms with Gasteiger partial charge in [0, 0.05) is 6.42 Å². The Morgan fingerprint density at radius 1 is 1.00 bits per heavy atom. The van der Waals surface area contributed by atoms with E-state index >= 15 is 0 Å². The summed E-state index contributed by atoms with van der Waals surface area (Å²) in [6.07, 6.45) is 10.2. The van der Waals surface area contributed by atoms with Crippen molar-refractivity contribution in [2.45, 2.75) is 64.1 Å². The van der Waals surface area contributed by atoms with E-state index in [4.69, 9.17) is 4.74 Å². The van der Waals surface area contributed by atoms with Crippen LogP contribution in [0.3, 0.4) is 0 Å². The van der Waals surface area contributed by atoms with Crippen LogP contribution in [0.5, 0.6) is 0 Å². The third-order valence-electron chi connectivity index (χ3n) is 3.70. The Kier molecular flexibility index (Phi) is 5.66. The van der Waals surface area contributed by atoms with E-state index < -0.39 is 0 Å². The molecule has 0 aliphatic carbocycles. The van der Waals surface area contributed by atoms with Crippen LogP contribution in [0.25, 0.3) is 0 Å². The highest BCUT2D eigenvalue weighted by Crippen LogP contribution is 2.30. The summed E-state index contributed by atoms with van der Waals surface area (Å²) in [6.45, 7) is 2.26. The van der Waals surface area contributed by atoms with Crippen LogP contribution in [0.15, 0.2) is 24.3 Å². The maximum absolute atomic E-state index is 5.75. The van der Waals surface area contributed by atoms with Crippen LogP contribution >= 0.6 is 9.24 Å². The van der Waals surface area contributed by atoms with Gasteiger partial charge in [-0.2, -0.15) is 0 Å². The lowest BCUT2D eigenvalue weighted by Gasteiger charge is -1.99. The Hall–Kier alpha value is -0.390. The van der Waals surface area contributed by atoms with Crippen molar-refractivity contribution in [3.63, 3.8) is 0 Å². The van der Waals surface area contributed by atoms with Crippen molar-refractivity contribution < 1.29 is 4.74 Å². The summed E-state index contributed by atoms with van der Waals surface area (Å²) in [5.74, 6) is 0. The van der Waals surface area contributed by atoms with Gasteiger partial charge in [-0.3, -0.25) is 0 Å². The van der Waals surface area contributed by atoms with Crippen molar-refractivity contribution in [1.82, 2.24) is 0 Å². The van der Waals surface area contributed by atoms with E-state index in [-0.39, 0.29) is 0 Å². The van der Waals surface area contributed by atoms with Gasteiger partial charge in [-0.05, 0) is 17.3 Å². The number of benzene rings is 1. The van der Waals surface area contributed by atoms with Crippen LogP contribution in [0, 0.1) is 0 Å². The predicted molar refractivity (Wildman–Crippen MR) is 81.5 cm³/mol. The SMILES string of the molecule is CCCCCCCC1OC1Cc1ccc(P)cc1. The molecule has 0 spiro atoms. The molecule has 1 heterocycles. The first-order chi connectivity index (χ1) is 8.79. The van der Waals surface area contributed by atoms with E-state index in [1.54, 1.807) is 0 Å². The molecule has 1 aliphatic heterocycles. The first kappa shape index (κ1) is 14.0. The lowest BCUT2D eigenvalue weighted by molar-refractivity contribution is 0.357. The molecule has 3 unspecified atom stereocenters. The monoisotopic (exact) mass is 264 g/mol. The van der Waals surface area contributed by atoms with Gasteiger partial charge in [0.1, 0.15) is 0 Å². The van der Waals surface area contributed by atoms with Gasteiger partial charge in [0.15, 0.2) is 0 Å². The standard InChI is InChI=1S/C16H25OP/c1-2-3-4-5-6-7-15-16(17-15)12-13-8-10-14(18)11-9-13/h8-11,15-16H,2-7,12,18H2,1H3. The summed E-state index contributed by atoms with van der Waals surface area (Å²) in [5.41, 5.74) is 1.40. The minimum atomic E-state index is 0.492. The Morgan fingerprint density at radius 2 is 1.72 bits per heavy atom. The zero-order chi connectivity index (χ0) is 12.8. The number of ether oxygens (including phenoxy) is 1. The summed E-state index contributed by atoms with van der Waals surface area (Å²) in [6, 6.07) is 8.73. The molecule has 1 nitrogen and oxygen atoms in total. The molecule has 1 aromatic carbocycles. The molecule has 2 heteroatoms. The molecular formula is C16H25OP. The fourth-order valence-corrected chi connectivity index (χ4v) is 2.64. The maximum Gasteiger partial charge on any atom is 0.0882 e. The van der Waals surface area contributed by atoms with Crippen LogP contribution in [0.2, 0.25) is 0 Å². The summed E-state index contributed by atoms with van der Waals surface area (Å²) in [7, 11) is 2.73. The second kappa shape index (κ2) is 7.26. The van der Waals surface area contributed by atoms with Gasteiger partial charge in [0.05, 0.1) is 12.2 Å². The first-order valence-electron chi connectivity index (χ1n) is 7.29. The third-order valence-corrected chi connectivity index (χ3v) is 4.08. The lowest BCUT2D eigenvalue weighted by atomic mass is 10.0. The zero-order valence-electron chi connectivity index (χ0n) is 11.4. The molecule has 2 rings (SSSR count). The molecular weight excluding hydrogens is 239 g/mol. The number of hydrogen-bond acceptors (Lipinski definition) is 1. The van der Waals surface area contributed by atoms with Gasteiger partial charge in [0.2, 0.25) is 0 Å². The average molecular weight is 264 g/mol. The van der Waals surface area contributed by atoms with E-state index in [1.807, 2.05) is 0 Å². The summed E-state index contributed by atoms with van der Waals surface area (Å²) < 4.78 is 5.75. The molecule has 1 saturated heterocycles. The summed E-state index contributed by atoms with van der Waals surface area (Å²) in [4.78, 5) is 0. The lowest BCUT2D eigenvalue weighted by Crippen LogP contribution is -2.00. The van der Waals surface area contributed by atoms with Crippen molar-refractivity contribution >= 4 is 14.5 Å². The minimum Gasteiger partial charge on any atom is -0.369 e. The average Bonchev–Trinajstić information content (AvgIpc) is 3.10. The number of rotatable bonds is 8. The van der Waals surface area contributed by atoms with E-state index in [0.29, 0.717) is 12.2 Å². The molecule has 3 atom stereocenters. The Morgan fingerprint density at radius 3 is 2.44 bits per heavy atom. The van der Waals surface area contributed by atoms with Crippen molar-refractivity contribution in [3.05, 3.63) is 29.8 Å². The fraction of sp³-hybridized carbons (Fsp3) is 0.625. The molecule has 1 aromatic rings. The molecule has 1 aliphatic rings. The van der Waals surface area contributed by atoms with Crippen LogP contribution in [0.4, 0.5) is 0 Å². The molecule has 1 fully saturated rings. The molecule has 0 radical (unpaired) electrons. The van der Waals surface area contributed by atoms with Gasteiger partial charge in [0.25, 0.3) is 0 Å². The molecule has 0 N–H and O–H groups in total. The molecule has 100 valence electrons. The largest absolute Gasteiger partial charge is 0.369 e. The fourth-order valence-electron chi connectivity index (χ4n) is 2.45. The number of unbranched alkanes of at least 4 members (excludes halogenated alkanes) is 4. The summed E-state index contributed by atoms with van der Waals surface area (Å²) >= 11 is 0. The number of epoxide rings is 1. The Labute approximate surface area is 114 Å². The van der Waals surface area contributed by atoms with E-state index in [9.17, 15) is 0 Å². The van der Waals surface area contributed by atoms with E-state index in [0.717, 1.165) is 6.42 Å². The van der Waals surface area contributed by atoms with E-state index in [1.165, 1.54) is 49.4 Å². The summed E-state index contributed by atoms with van der Waals surface area (Å²) in [5, 5.41) is 1.25. The third kappa shape index (κ3) is 4.71. The van der Waals surface area contributed by atoms with Crippen LogP contribution in [-0.2, 0) is 11.2 Å². The zero-order valence-corrected chi connectivity index (χ0v) is 12.6. The Bertz CT molecular complexity index is 347. The number of hydrogen-bond donors (Lipinski definition) is 0. The molecule has 0 saturated carbocycles. The quantitative estimate of drug-likeness (QED) is 0.394. The van der Waals surface area contributed by atoms with Gasteiger partial charge >= 0.3 is 0 Å². The highest BCUT2D eigenvalue weighted by molar-refractivity contribution is 7.27. The van der Waals surface area contributed by atoms with Crippen molar-refractivity contribution in [2.24, 2.45) is 0 Å². The molecule has 0 bridgehead atoms. The normalized spacial score (nSPS) is 22.1. The molecule has 0 amide bonds. The van der Waals surface area contributed by atoms with E-state index in [2.05, 4.69) is 40.4 Å². The van der Waals surface area contributed by atoms with Gasteiger partial charge in [-0.25, -0.2) is 0 Å². The van der Waals surface area contributed by atoms with Crippen LogP contribution in [0.1, 0.15) is 51.0 Å². The highest BCUT2D eigenvalue weighted by Gasteiger charge is 2.37. The molecule has 0 aromatic heterocycles. The topological polar surface area (TPSA) is 12.5 Å². The van der Waals surface area contributed by atoms with Crippen molar-refractivity contribution in [2.75, 3.05) is 0 Å². The predicted octanol–water partition coefficient (Wildman–Crippen LogP) is 3.86. The van der Waals surface area contributed by atoms with Gasteiger partial charge in [-0.15, -0.1) is 9.24 Å². The second-order valence-corrected chi connectivity index (χ2v) is 6.03. The first-order valence-corrected chi connectivity index (χ1v) is 7.87. The van der Waals surface area contributed by atoms with Gasteiger partial charge in [-0.1, -0.05) is 63.3 Å².